The minimum absolute atomic E-state index is 0. The molecule has 1 aromatic carbocycles. The van der Waals surface area contributed by atoms with Crippen LogP contribution in [0.5, 0.6) is 0 Å². The van der Waals surface area contributed by atoms with E-state index >= 15 is 0 Å². The van der Waals surface area contributed by atoms with Gasteiger partial charge in [0.25, 0.3) is 0 Å². The van der Waals surface area contributed by atoms with Crippen molar-refractivity contribution in [3.63, 3.8) is 0 Å². The molecule has 2 atom stereocenters. The topological polar surface area (TPSA) is 56.3 Å². The van der Waals surface area contributed by atoms with Crippen molar-refractivity contribution in [2.24, 2.45) is 16.8 Å². The first-order valence-electron chi connectivity index (χ1n) is 9.72. The molecular formula is C20H30IN5. The van der Waals surface area contributed by atoms with Crippen LogP contribution in [0.15, 0.2) is 29.3 Å². The highest BCUT2D eigenvalue weighted by molar-refractivity contribution is 14.0. The lowest BCUT2D eigenvalue weighted by Crippen LogP contribution is -2.40. The van der Waals surface area contributed by atoms with Crippen LogP contribution < -0.4 is 5.32 Å². The normalized spacial score (nSPS) is 23.0. The molecule has 1 saturated carbocycles. The molecule has 2 heterocycles. The van der Waals surface area contributed by atoms with Gasteiger partial charge in [0.05, 0.1) is 11.0 Å². The highest BCUT2D eigenvalue weighted by Crippen LogP contribution is 2.35. The highest BCUT2D eigenvalue weighted by Gasteiger charge is 2.35. The number of aryl methyl sites for hydroxylation is 1. The lowest BCUT2D eigenvalue weighted by atomic mass is 9.82. The van der Waals surface area contributed by atoms with Gasteiger partial charge in [-0.2, -0.15) is 0 Å². The zero-order chi connectivity index (χ0) is 17.1. The van der Waals surface area contributed by atoms with E-state index in [0.717, 1.165) is 54.0 Å². The molecule has 2 unspecified atom stereocenters. The molecule has 2 aromatic rings. The van der Waals surface area contributed by atoms with Crippen LogP contribution in [0.4, 0.5) is 0 Å². The van der Waals surface area contributed by atoms with Crippen molar-refractivity contribution in [2.75, 3.05) is 26.7 Å². The fourth-order valence-electron chi connectivity index (χ4n) is 4.49. The van der Waals surface area contributed by atoms with E-state index in [2.05, 4.69) is 37.3 Å². The van der Waals surface area contributed by atoms with Gasteiger partial charge in [-0.25, -0.2) is 4.98 Å². The van der Waals surface area contributed by atoms with E-state index < -0.39 is 0 Å². The van der Waals surface area contributed by atoms with Crippen molar-refractivity contribution in [1.82, 2.24) is 20.2 Å². The molecule has 6 heteroatoms. The first-order chi connectivity index (χ1) is 12.3. The smallest absolute Gasteiger partial charge is 0.193 e. The fourth-order valence-corrected chi connectivity index (χ4v) is 4.49. The maximum absolute atomic E-state index is 4.65. The molecule has 0 amide bonds. The summed E-state index contributed by atoms with van der Waals surface area (Å²) in [6.45, 7) is 3.32. The second-order valence-electron chi connectivity index (χ2n) is 7.49. The van der Waals surface area contributed by atoms with Crippen LogP contribution >= 0.6 is 24.0 Å². The zero-order valence-corrected chi connectivity index (χ0v) is 17.9. The molecule has 1 aromatic heterocycles. The van der Waals surface area contributed by atoms with E-state index in [1.807, 2.05) is 19.2 Å². The molecule has 0 bridgehead atoms. The number of halogens is 1. The Bertz CT molecular complexity index is 694. The van der Waals surface area contributed by atoms with E-state index in [1.165, 1.54) is 38.8 Å². The van der Waals surface area contributed by atoms with Gasteiger partial charge in [0.2, 0.25) is 0 Å². The molecule has 26 heavy (non-hydrogen) atoms. The van der Waals surface area contributed by atoms with Crippen molar-refractivity contribution in [3.8, 4) is 0 Å². The minimum atomic E-state index is 0. The largest absolute Gasteiger partial charge is 0.356 e. The third kappa shape index (κ3) is 4.32. The number of guanidine groups is 1. The number of hydrogen-bond donors (Lipinski definition) is 2. The number of H-pyrrole nitrogens is 1. The Kier molecular flexibility index (Phi) is 6.78. The van der Waals surface area contributed by atoms with Crippen molar-refractivity contribution in [3.05, 3.63) is 30.1 Å². The number of hydrogen-bond acceptors (Lipinski definition) is 2. The Labute approximate surface area is 173 Å². The number of imidazole rings is 1. The van der Waals surface area contributed by atoms with E-state index in [9.17, 15) is 0 Å². The predicted octanol–water partition coefficient (Wildman–Crippen LogP) is 3.81. The van der Waals surface area contributed by atoms with Crippen LogP contribution in [0.2, 0.25) is 0 Å². The number of nitrogens with one attached hydrogen (secondary N) is 2. The number of nitrogens with zero attached hydrogens (tertiary/aromatic N) is 3. The molecule has 1 aliphatic heterocycles. The van der Waals surface area contributed by atoms with Crippen LogP contribution in [0.3, 0.4) is 0 Å². The number of rotatable bonds is 4. The molecule has 1 aliphatic carbocycles. The van der Waals surface area contributed by atoms with Crippen molar-refractivity contribution in [1.29, 1.82) is 0 Å². The molecule has 2 N–H and O–H groups in total. The quantitative estimate of drug-likeness (QED) is 0.311. The number of aliphatic imine (C=N–C) groups is 1. The first-order valence-corrected chi connectivity index (χ1v) is 9.72. The molecule has 2 fully saturated rings. The Hall–Kier alpha value is -1.31. The molecule has 5 nitrogen and oxygen atoms in total. The third-order valence-corrected chi connectivity index (χ3v) is 5.80. The van der Waals surface area contributed by atoms with Gasteiger partial charge >= 0.3 is 0 Å². The van der Waals surface area contributed by atoms with Gasteiger partial charge in [-0.05, 0) is 43.2 Å². The van der Waals surface area contributed by atoms with Crippen molar-refractivity contribution in [2.45, 2.75) is 38.5 Å². The Balaban J connectivity index is 0.00000196. The number of para-hydroxylation sites is 2. The zero-order valence-electron chi connectivity index (χ0n) is 15.6. The Morgan fingerprint density at radius 3 is 2.65 bits per heavy atom. The molecule has 4 rings (SSSR count). The molecule has 1 saturated heterocycles. The number of likely N-dealkylation sites (tertiary alicyclic amines) is 1. The molecular weight excluding hydrogens is 437 g/mol. The van der Waals surface area contributed by atoms with Crippen LogP contribution in [0, 0.1) is 11.8 Å². The Morgan fingerprint density at radius 1 is 1.23 bits per heavy atom. The van der Waals surface area contributed by atoms with Crippen molar-refractivity contribution < 1.29 is 0 Å². The number of aromatic amines is 1. The average Bonchev–Trinajstić information content (AvgIpc) is 3.25. The van der Waals surface area contributed by atoms with E-state index in [-0.39, 0.29) is 24.0 Å². The standard InChI is InChI=1S/C20H29N5.HI/c1-21-20(25-13-15-7-2-3-8-16(15)14-25)22-12-6-11-19-23-17-9-4-5-10-18(17)24-19;/h4-5,9-10,15-16H,2-3,6-8,11-14H2,1H3,(H,21,22)(H,23,24);1H. The average molecular weight is 467 g/mol. The lowest BCUT2D eigenvalue weighted by Gasteiger charge is -2.22. The van der Waals surface area contributed by atoms with Gasteiger partial charge in [0, 0.05) is 33.1 Å². The summed E-state index contributed by atoms with van der Waals surface area (Å²) in [4.78, 5) is 15.0. The second-order valence-corrected chi connectivity index (χ2v) is 7.49. The van der Waals surface area contributed by atoms with E-state index in [0.29, 0.717) is 0 Å². The minimum Gasteiger partial charge on any atom is -0.356 e. The van der Waals surface area contributed by atoms with E-state index in [1.54, 1.807) is 0 Å². The first kappa shape index (κ1) is 19.5. The maximum atomic E-state index is 4.65. The van der Waals surface area contributed by atoms with E-state index in [4.69, 9.17) is 0 Å². The summed E-state index contributed by atoms with van der Waals surface area (Å²) < 4.78 is 0. The number of benzene rings is 1. The molecule has 0 spiro atoms. The van der Waals surface area contributed by atoms with Gasteiger partial charge in [0.15, 0.2) is 5.96 Å². The van der Waals surface area contributed by atoms with Crippen LogP contribution in [-0.4, -0.2) is 47.5 Å². The second kappa shape index (κ2) is 9.06. The molecule has 0 radical (unpaired) electrons. The third-order valence-electron chi connectivity index (χ3n) is 5.80. The molecule has 2 aliphatic rings. The van der Waals surface area contributed by atoms with Crippen LogP contribution in [0.1, 0.15) is 37.9 Å². The van der Waals surface area contributed by atoms with Gasteiger partial charge in [-0.15, -0.1) is 24.0 Å². The van der Waals surface area contributed by atoms with Gasteiger partial charge in [-0.3, -0.25) is 4.99 Å². The summed E-state index contributed by atoms with van der Waals surface area (Å²) in [6.07, 6.45) is 7.66. The maximum Gasteiger partial charge on any atom is 0.193 e. The summed E-state index contributed by atoms with van der Waals surface area (Å²) >= 11 is 0. The van der Waals surface area contributed by atoms with Crippen LogP contribution in [-0.2, 0) is 6.42 Å². The molecule has 142 valence electrons. The summed E-state index contributed by atoms with van der Waals surface area (Å²) in [5.41, 5.74) is 2.18. The summed E-state index contributed by atoms with van der Waals surface area (Å²) in [7, 11) is 1.91. The lowest BCUT2D eigenvalue weighted by molar-refractivity contribution is 0.299. The van der Waals surface area contributed by atoms with Gasteiger partial charge in [-0.1, -0.05) is 25.0 Å². The van der Waals surface area contributed by atoms with Gasteiger partial charge in [0.1, 0.15) is 5.82 Å². The highest BCUT2D eigenvalue weighted by atomic mass is 127. The predicted molar refractivity (Wildman–Crippen MR) is 118 cm³/mol. The SMILES string of the molecule is CN=C(NCCCc1nc2ccccc2[nH]1)N1CC2CCCCC2C1.I. The monoisotopic (exact) mass is 467 g/mol. The summed E-state index contributed by atoms with van der Waals surface area (Å²) in [5, 5.41) is 3.56. The van der Waals surface area contributed by atoms with Crippen LogP contribution in [0.25, 0.3) is 11.0 Å². The number of fused-ring (bicyclic) bond motifs is 2. The summed E-state index contributed by atoms with van der Waals surface area (Å²) in [5.74, 6) is 3.94. The van der Waals surface area contributed by atoms with Crippen molar-refractivity contribution >= 4 is 41.0 Å². The number of aromatic nitrogens is 2. The Morgan fingerprint density at radius 2 is 1.96 bits per heavy atom. The fraction of sp³-hybridized carbons (Fsp3) is 0.600. The van der Waals surface area contributed by atoms with Gasteiger partial charge < -0.3 is 15.2 Å². The summed E-state index contributed by atoms with van der Waals surface area (Å²) in [6, 6.07) is 8.22.